The van der Waals surface area contributed by atoms with Gasteiger partial charge < -0.3 is 9.64 Å². The molecule has 0 radical (unpaired) electrons. The van der Waals surface area contributed by atoms with Gasteiger partial charge in [-0.1, -0.05) is 36.4 Å². The summed E-state index contributed by atoms with van der Waals surface area (Å²) in [5.41, 5.74) is 3.69. The van der Waals surface area contributed by atoms with Crippen LogP contribution in [0.5, 0.6) is 0 Å². The zero-order valence-electron chi connectivity index (χ0n) is 15.9. The molecule has 140 valence electrons. The van der Waals surface area contributed by atoms with E-state index in [0.29, 0.717) is 13.1 Å². The van der Waals surface area contributed by atoms with E-state index < -0.39 is 6.10 Å². The Morgan fingerprint density at radius 3 is 2.56 bits per heavy atom. The van der Waals surface area contributed by atoms with Gasteiger partial charge in [0.15, 0.2) is 6.10 Å². The van der Waals surface area contributed by atoms with E-state index in [-0.39, 0.29) is 5.91 Å². The topological polar surface area (TPSA) is 60.2 Å². The Kier molecular flexibility index (Phi) is 5.98. The van der Waals surface area contributed by atoms with E-state index in [2.05, 4.69) is 10.1 Å². The highest BCUT2D eigenvalue weighted by Crippen LogP contribution is 2.22. The van der Waals surface area contributed by atoms with Crippen LogP contribution in [0.2, 0.25) is 0 Å². The minimum absolute atomic E-state index is 0.0913. The molecule has 0 aliphatic rings. The Bertz CT molecular complexity index is 878. The van der Waals surface area contributed by atoms with Gasteiger partial charge in [0.05, 0.1) is 17.9 Å². The monoisotopic (exact) mass is 364 g/mol. The van der Waals surface area contributed by atoms with E-state index in [9.17, 15) is 4.79 Å². The van der Waals surface area contributed by atoms with Crippen LogP contribution in [0.3, 0.4) is 0 Å². The van der Waals surface area contributed by atoms with Crippen molar-refractivity contribution in [1.29, 1.82) is 0 Å². The number of hydrogen-bond acceptors (Lipinski definition) is 4. The van der Waals surface area contributed by atoms with Gasteiger partial charge >= 0.3 is 0 Å². The highest BCUT2D eigenvalue weighted by atomic mass is 16.5. The lowest BCUT2D eigenvalue weighted by molar-refractivity contribution is -0.143. The van der Waals surface area contributed by atoms with Crippen molar-refractivity contribution in [1.82, 2.24) is 19.7 Å². The average Bonchev–Trinajstić information content (AvgIpc) is 3.00. The lowest BCUT2D eigenvalue weighted by Crippen LogP contribution is -2.35. The van der Waals surface area contributed by atoms with Crippen LogP contribution in [0, 0.1) is 6.92 Å². The van der Waals surface area contributed by atoms with Crippen LogP contribution < -0.4 is 0 Å². The first-order chi connectivity index (χ1) is 13.1. The second-order valence-electron chi connectivity index (χ2n) is 6.48. The quantitative estimate of drug-likeness (QED) is 0.646. The molecule has 0 saturated carbocycles. The summed E-state index contributed by atoms with van der Waals surface area (Å²) in [5.74, 6) is -0.0913. The summed E-state index contributed by atoms with van der Waals surface area (Å²) >= 11 is 0. The van der Waals surface area contributed by atoms with Crippen molar-refractivity contribution in [3.8, 4) is 0 Å². The van der Waals surface area contributed by atoms with Crippen molar-refractivity contribution in [3.63, 3.8) is 0 Å². The second kappa shape index (κ2) is 8.60. The predicted octanol–water partition coefficient (Wildman–Crippen LogP) is 3.04. The second-order valence-corrected chi connectivity index (χ2v) is 6.48. The van der Waals surface area contributed by atoms with Crippen LogP contribution in [-0.4, -0.2) is 32.7 Å². The molecule has 27 heavy (non-hydrogen) atoms. The van der Waals surface area contributed by atoms with Crippen LogP contribution in [0.15, 0.2) is 60.9 Å². The maximum absolute atomic E-state index is 13.4. The van der Waals surface area contributed by atoms with Crippen LogP contribution in [0.4, 0.5) is 0 Å². The summed E-state index contributed by atoms with van der Waals surface area (Å²) in [4.78, 5) is 19.3. The number of carbonyl (C=O) groups excluding carboxylic acids is 1. The Hall–Kier alpha value is -2.99. The molecule has 1 aromatic carbocycles. The van der Waals surface area contributed by atoms with Gasteiger partial charge in [-0.25, -0.2) is 0 Å². The Morgan fingerprint density at radius 2 is 1.96 bits per heavy atom. The number of methoxy groups -OCH3 is 1. The van der Waals surface area contributed by atoms with Crippen LogP contribution in [0.25, 0.3) is 0 Å². The van der Waals surface area contributed by atoms with E-state index >= 15 is 0 Å². The first kappa shape index (κ1) is 18.8. The molecule has 1 atom stereocenters. The third kappa shape index (κ3) is 4.60. The third-order valence-corrected chi connectivity index (χ3v) is 4.42. The number of aromatic nitrogens is 3. The predicted molar refractivity (Wildman–Crippen MR) is 103 cm³/mol. The molecule has 6 heteroatoms. The SMILES string of the molecule is CO[C@H](C(=O)N(Cc1cccnc1)Cc1cc(C)nn1C)c1ccccc1. The van der Waals surface area contributed by atoms with Crippen molar-refractivity contribution in [3.05, 3.63) is 83.4 Å². The molecule has 0 N–H and O–H groups in total. The number of rotatable bonds is 7. The molecule has 0 aliphatic heterocycles. The average molecular weight is 364 g/mol. The molecule has 0 unspecified atom stereocenters. The molecule has 0 fully saturated rings. The van der Waals surface area contributed by atoms with Crippen molar-refractivity contribution >= 4 is 5.91 Å². The number of benzene rings is 1. The molecular weight excluding hydrogens is 340 g/mol. The fourth-order valence-corrected chi connectivity index (χ4v) is 3.10. The molecule has 0 aliphatic carbocycles. The van der Waals surface area contributed by atoms with E-state index in [4.69, 9.17) is 4.74 Å². The molecule has 6 nitrogen and oxygen atoms in total. The van der Waals surface area contributed by atoms with Crippen LogP contribution in [0.1, 0.15) is 28.6 Å². The van der Waals surface area contributed by atoms with Gasteiger partial charge in [-0.05, 0) is 30.2 Å². The maximum atomic E-state index is 13.4. The van der Waals surface area contributed by atoms with Gasteiger partial charge in [0.1, 0.15) is 0 Å². The highest BCUT2D eigenvalue weighted by molar-refractivity contribution is 5.82. The largest absolute Gasteiger partial charge is 0.367 e. The summed E-state index contributed by atoms with van der Waals surface area (Å²) in [7, 11) is 3.45. The minimum atomic E-state index is -0.655. The molecule has 1 amide bonds. The van der Waals surface area contributed by atoms with E-state index in [1.807, 2.05) is 67.2 Å². The van der Waals surface area contributed by atoms with Crippen LogP contribution in [-0.2, 0) is 29.7 Å². The smallest absolute Gasteiger partial charge is 0.256 e. The highest BCUT2D eigenvalue weighted by Gasteiger charge is 2.27. The van der Waals surface area contributed by atoms with Gasteiger partial charge in [0.2, 0.25) is 0 Å². The standard InChI is InChI=1S/C21H24N4O2/c1-16-12-19(24(2)23-16)15-25(14-17-8-7-11-22-13-17)21(26)20(27-3)18-9-5-4-6-10-18/h4-13,20H,14-15H2,1-3H3/t20-/m0/s1. The Morgan fingerprint density at radius 1 is 1.19 bits per heavy atom. The summed E-state index contributed by atoms with van der Waals surface area (Å²) in [6.07, 6.45) is 2.85. The molecule has 3 aromatic rings. The number of pyridine rings is 1. The number of ether oxygens (including phenoxy) is 1. The molecule has 0 spiro atoms. The summed E-state index contributed by atoms with van der Waals surface area (Å²) in [6, 6.07) is 15.4. The number of hydrogen-bond donors (Lipinski definition) is 0. The zero-order valence-corrected chi connectivity index (χ0v) is 15.9. The fraction of sp³-hybridized carbons (Fsp3) is 0.286. The van der Waals surface area contributed by atoms with Gasteiger partial charge in [-0.3, -0.25) is 14.5 Å². The zero-order chi connectivity index (χ0) is 19.2. The fourth-order valence-electron chi connectivity index (χ4n) is 3.10. The number of aryl methyl sites for hydroxylation is 2. The van der Waals surface area contributed by atoms with Crippen molar-refractivity contribution in [2.45, 2.75) is 26.1 Å². The lowest BCUT2D eigenvalue weighted by atomic mass is 10.1. The molecular formula is C21H24N4O2. The molecule has 0 saturated heterocycles. The molecule has 3 rings (SSSR count). The van der Waals surface area contributed by atoms with Gasteiger partial charge in [0.25, 0.3) is 5.91 Å². The molecule has 2 heterocycles. The van der Waals surface area contributed by atoms with E-state index in [1.54, 1.807) is 24.4 Å². The first-order valence-electron chi connectivity index (χ1n) is 8.83. The number of nitrogens with zero attached hydrogens (tertiary/aromatic N) is 4. The lowest BCUT2D eigenvalue weighted by Gasteiger charge is -2.27. The number of carbonyl (C=O) groups is 1. The summed E-state index contributed by atoms with van der Waals surface area (Å²) < 4.78 is 7.37. The Labute approximate surface area is 159 Å². The third-order valence-electron chi connectivity index (χ3n) is 4.42. The van der Waals surface area contributed by atoms with Gasteiger partial charge in [-0.15, -0.1) is 0 Å². The summed E-state index contributed by atoms with van der Waals surface area (Å²) in [5, 5.41) is 4.39. The van der Waals surface area contributed by atoms with Gasteiger partial charge in [-0.2, -0.15) is 5.10 Å². The maximum Gasteiger partial charge on any atom is 0.256 e. The molecule has 0 bridgehead atoms. The van der Waals surface area contributed by atoms with Crippen molar-refractivity contribution in [2.75, 3.05) is 7.11 Å². The Balaban J connectivity index is 1.90. The number of amides is 1. The van der Waals surface area contributed by atoms with Crippen molar-refractivity contribution in [2.24, 2.45) is 7.05 Å². The summed E-state index contributed by atoms with van der Waals surface area (Å²) in [6.45, 7) is 2.83. The normalized spacial score (nSPS) is 12.0. The minimum Gasteiger partial charge on any atom is -0.367 e. The molecule has 2 aromatic heterocycles. The van der Waals surface area contributed by atoms with Gasteiger partial charge in [0, 0.05) is 33.1 Å². The van der Waals surface area contributed by atoms with E-state index in [1.165, 1.54) is 0 Å². The first-order valence-corrected chi connectivity index (χ1v) is 8.83. The van der Waals surface area contributed by atoms with E-state index in [0.717, 1.165) is 22.5 Å². The van der Waals surface area contributed by atoms with Crippen LogP contribution >= 0.6 is 0 Å². The van der Waals surface area contributed by atoms with Crippen molar-refractivity contribution < 1.29 is 9.53 Å².